The first-order valence-corrected chi connectivity index (χ1v) is 11.9. The lowest BCUT2D eigenvalue weighted by molar-refractivity contribution is -0.138. The number of piperidine rings is 2. The topological polar surface area (TPSA) is 77.9 Å². The van der Waals surface area contributed by atoms with Crippen molar-refractivity contribution in [3.05, 3.63) is 24.0 Å². The summed E-state index contributed by atoms with van der Waals surface area (Å²) in [6.45, 7) is 3.30. The van der Waals surface area contributed by atoms with Gasteiger partial charge in [-0.15, -0.1) is 0 Å². The molecule has 1 unspecified atom stereocenters. The van der Waals surface area contributed by atoms with Crippen LogP contribution in [0, 0.1) is 5.92 Å². The molecule has 1 N–H and O–H groups in total. The number of nitrogens with one attached hydrogen (secondary N) is 1. The first-order valence-electron chi connectivity index (χ1n) is 11.9. The minimum absolute atomic E-state index is 0.000410. The number of rotatable bonds is 3. The third-order valence-electron chi connectivity index (χ3n) is 7.57. The molecule has 4 aliphatic rings. The largest absolute Gasteiger partial charge is 0.342 e. The molecule has 0 radical (unpaired) electrons. The molecule has 1 aliphatic carbocycles. The average molecular weight is 428 g/mol. The standard InChI is InChI=1S/C23H33N5O3/c29-21(17-5-3-11-26(15-17)22(30)24-18-6-1-2-7-18)25-13-9-19(10-14-25)28-16-20-8-4-12-27(20)23(28)31/h4,8,12,17-19H,1-3,5-7,9-11,13-16H2,(H,24,30). The molecule has 4 heterocycles. The van der Waals surface area contributed by atoms with Gasteiger partial charge in [-0.2, -0.15) is 0 Å². The first kappa shape index (κ1) is 20.4. The molecule has 4 amide bonds. The lowest BCUT2D eigenvalue weighted by atomic mass is 9.94. The van der Waals surface area contributed by atoms with E-state index in [9.17, 15) is 14.4 Å². The monoisotopic (exact) mass is 427 g/mol. The van der Waals surface area contributed by atoms with Crippen LogP contribution in [0.1, 0.15) is 57.1 Å². The van der Waals surface area contributed by atoms with Gasteiger partial charge in [0, 0.05) is 50.2 Å². The van der Waals surface area contributed by atoms with E-state index in [1.54, 1.807) is 4.57 Å². The zero-order valence-electron chi connectivity index (χ0n) is 18.2. The average Bonchev–Trinajstić information content (AvgIpc) is 3.54. The van der Waals surface area contributed by atoms with Gasteiger partial charge in [0.2, 0.25) is 5.91 Å². The van der Waals surface area contributed by atoms with Gasteiger partial charge in [0.15, 0.2) is 0 Å². The van der Waals surface area contributed by atoms with Crippen molar-refractivity contribution in [2.24, 2.45) is 5.92 Å². The van der Waals surface area contributed by atoms with Gasteiger partial charge in [0.1, 0.15) is 0 Å². The van der Waals surface area contributed by atoms with Crippen LogP contribution in [0.4, 0.5) is 9.59 Å². The predicted molar refractivity (Wildman–Crippen MR) is 115 cm³/mol. The zero-order valence-corrected chi connectivity index (χ0v) is 18.2. The van der Waals surface area contributed by atoms with Crippen LogP contribution in [-0.4, -0.2) is 75.5 Å². The highest BCUT2D eigenvalue weighted by atomic mass is 16.2. The highest BCUT2D eigenvalue weighted by molar-refractivity contribution is 5.82. The Balaban J connectivity index is 1.12. The fourth-order valence-electron chi connectivity index (χ4n) is 5.75. The van der Waals surface area contributed by atoms with Crippen molar-refractivity contribution >= 4 is 18.0 Å². The second-order valence-electron chi connectivity index (χ2n) is 9.55. The summed E-state index contributed by atoms with van der Waals surface area (Å²) in [4.78, 5) is 44.2. The lowest BCUT2D eigenvalue weighted by Gasteiger charge is -2.39. The fourth-order valence-corrected chi connectivity index (χ4v) is 5.75. The van der Waals surface area contributed by atoms with Gasteiger partial charge in [-0.3, -0.25) is 9.36 Å². The summed E-state index contributed by atoms with van der Waals surface area (Å²) < 4.78 is 1.73. The van der Waals surface area contributed by atoms with Gasteiger partial charge in [-0.05, 0) is 50.7 Å². The number of nitrogens with zero attached hydrogens (tertiary/aromatic N) is 4. The molecule has 168 valence electrons. The second kappa shape index (κ2) is 8.55. The molecule has 3 aliphatic heterocycles. The number of hydrogen-bond donors (Lipinski definition) is 1. The molecule has 0 bridgehead atoms. The number of carbonyl (C=O) groups is 3. The van der Waals surface area contributed by atoms with E-state index in [2.05, 4.69) is 5.32 Å². The van der Waals surface area contributed by atoms with Crippen LogP contribution >= 0.6 is 0 Å². The quantitative estimate of drug-likeness (QED) is 0.806. The van der Waals surface area contributed by atoms with Crippen molar-refractivity contribution < 1.29 is 14.4 Å². The van der Waals surface area contributed by atoms with Gasteiger partial charge in [0.25, 0.3) is 0 Å². The van der Waals surface area contributed by atoms with Crippen molar-refractivity contribution in [2.45, 2.75) is 70.0 Å². The highest BCUT2D eigenvalue weighted by Gasteiger charge is 2.37. The molecule has 8 heteroatoms. The molecule has 1 saturated carbocycles. The lowest BCUT2D eigenvalue weighted by Crippen LogP contribution is -2.53. The Morgan fingerprint density at radius 3 is 2.45 bits per heavy atom. The van der Waals surface area contributed by atoms with E-state index in [4.69, 9.17) is 0 Å². The molecule has 31 heavy (non-hydrogen) atoms. The van der Waals surface area contributed by atoms with E-state index in [1.165, 1.54) is 12.8 Å². The Hall–Kier alpha value is -2.51. The minimum atomic E-state index is -0.103. The third-order valence-corrected chi connectivity index (χ3v) is 7.57. The number of amides is 4. The molecule has 8 nitrogen and oxygen atoms in total. The molecular weight excluding hydrogens is 394 g/mol. The molecule has 1 atom stereocenters. The molecule has 1 aromatic rings. The van der Waals surface area contributed by atoms with Gasteiger partial charge in [-0.1, -0.05) is 12.8 Å². The van der Waals surface area contributed by atoms with Crippen molar-refractivity contribution in [2.75, 3.05) is 26.2 Å². The number of likely N-dealkylation sites (tertiary alicyclic amines) is 2. The summed E-state index contributed by atoms with van der Waals surface area (Å²) in [5.74, 6) is 0.0737. The highest BCUT2D eigenvalue weighted by Crippen LogP contribution is 2.27. The maximum absolute atomic E-state index is 13.2. The molecule has 0 aromatic carbocycles. The molecule has 0 spiro atoms. The van der Waals surface area contributed by atoms with Crippen LogP contribution in [0.5, 0.6) is 0 Å². The van der Waals surface area contributed by atoms with E-state index in [-0.39, 0.29) is 29.9 Å². The number of fused-ring (bicyclic) bond motifs is 1. The van der Waals surface area contributed by atoms with Crippen LogP contribution < -0.4 is 5.32 Å². The van der Waals surface area contributed by atoms with Crippen LogP contribution in [0.2, 0.25) is 0 Å². The van der Waals surface area contributed by atoms with E-state index in [0.29, 0.717) is 32.2 Å². The molecular formula is C23H33N5O3. The first-order chi connectivity index (χ1) is 15.1. The maximum atomic E-state index is 13.2. The summed E-state index contributed by atoms with van der Waals surface area (Å²) >= 11 is 0. The van der Waals surface area contributed by atoms with Gasteiger partial charge in [-0.25, -0.2) is 9.59 Å². The SMILES string of the molecule is O=C(NC1CCCC1)N1CCCC(C(=O)N2CCC(N3Cc4cccn4C3=O)CC2)C1. The number of urea groups is 1. The van der Waals surface area contributed by atoms with E-state index in [1.807, 2.05) is 33.0 Å². The molecule has 2 saturated heterocycles. The zero-order chi connectivity index (χ0) is 21.4. The van der Waals surface area contributed by atoms with Crippen molar-refractivity contribution in [1.82, 2.24) is 24.6 Å². The number of aromatic nitrogens is 1. The predicted octanol–water partition coefficient (Wildman–Crippen LogP) is 2.63. The molecule has 5 rings (SSSR count). The number of hydrogen-bond acceptors (Lipinski definition) is 3. The van der Waals surface area contributed by atoms with E-state index >= 15 is 0 Å². The van der Waals surface area contributed by atoms with Gasteiger partial charge in [0.05, 0.1) is 12.5 Å². The molecule has 1 aromatic heterocycles. The third kappa shape index (κ3) is 4.04. The van der Waals surface area contributed by atoms with Gasteiger partial charge >= 0.3 is 12.1 Å². The summed E-state index contributed by atoms with van der Waals surface area (Å²) in [6.07, 6.45) is 9.73. The van der Waals surface area contributed by atoms with Crippen LogP contribution in [0.25, 0.3) is 0 Å². The molecule has 3 fully saturated rings. The van der Waals surface area contributed by atoms with Crippen molar-refractivity contribution in [3.8, 4) is 0 Å². The second-order valence-corrected chi connectivity index (χ2v) is 9.55. The number of carbonyl (C=O) groups excluding carboxylic acids is 3. The van der Waals surface area contributed by atoms with Crippen LogP contribution in [0.3, 0.4) is 0 Å². The van der Waals surface area contributed by atoms with Crippen molar-refractivity contribution in [1.29, 1.82) is 0 Å². The summed E-state index contributed by atoms with van der Waals surface area (Å²) in [7, 11) is 0. The normalized spacial score (nSPS) is 25.2. The Morgan fingerprint density at radius 1 is 0.935 bits per heavy atom. The smallest absolute Gasteiger partial charge is 0.329 e. The Morgan fingerprint density at radius 2 is 1.71 bits per heavy atom. The van der Waals surface area contributed by atoms with E-state index < -0.39 is 0 Å². The van der Waals surface area contributed by atoms with Crippen LogP contribution in [0.15, 0.2) is 18.3 Å². The Kier molecular flexibility index (Phi) is 5.63. The maximum Gasteiger partial charge on any atom is 0.329 e. The van der Waals surface area contributed by atoms with Crippen LogP contribution in [-0.2, 0) is 11.3 Å². The van der Waals surface area contributed by atoms with Crippen molar-refractivity contribution in [3.63, 3.8) is 0 Å². The van der Waals surface area contributed by atoms with E-state index in [0.717, 1.165) is 50.8 Å². The minimum Gasteiger partial charge on any atom is -0.342 e. The Labute approximate surface area is 183 Å². The summed E-state index contributed by atoms with van der Waals surface area (Å²) in [5.41, 5.74) is 1.04. The Bertz CT molecular complexity index is 838. The summed E-state index contributed by atoms with van der Waals surface area (Å²) in [5, 5.41) is 3.16. The van der Waals surface area contributed by atoms with Gasteiger partial charge < -0.3 is 20.0 Å². The summed E-state index contributed by atoms with van der Waals surface area (Å²) in [6, 6.07) is 4.46. The fraction of sp³-hybridized carbons (Fsp3) is 0.696.